The fraction of sp³-hybridized carbons (Fsp3) is 0.0909. The zero-order valence-corrected chi connectivity index (χ0v) is 12.8. The average Bonchev–Trinajstić information content (AvgIpc) is 2.22. The molecule has 0 amide bonds. The smallest absolute Gasteiger partial charge is 0.135 e. The summed E-state index contributed by atoms with van der Waals surface area (Å²) in [4.78, 5) is 8.27. The Bertz CT molecular complexity index is 540. The van der Waals surface area contributed by atoms with Gasteiger partial charge in [-0.3, -0.25) is 0 Å². The number of nitrogens with one attached hydrogen (secondary N) is 1. The summed E-state index contributed by atoms with van der Waals surface area (Å²) < 4.78 is 1.94. The van der Waals surface area contributed by atoms with E-state index >= 15 is 0 Å². The first kappa shape index (κ1) is 12.8. The van der Waals surface area contributed by atoms with Gasteiger partial charge in [0, 0.05) is 15.0 Å². The number of aryl methyl sites for hydroxylation is 1. The molecule has 17 heavy (non-hydrogen) atoms. The molecule has 1 N–H and O–H groups in total. The fourth-order valence-corrected chi connectivity index (χ4v) is 2.26. The molecule has 0 saturated heterocycles. The molecule has 0 unspecified atom stereocenters. The molecular formula is C11H8Br2ClN3. The van der Waals surface area contributed by atoms with E-state index in [1.807, 2.05) is 18.2 Å². The van der Waals surface area contributed by atoms with Crippen LogP contribution in [0, 0.1) is 6.92 Å². The van der Waals surface area contributed by atoms with Crippen molar-refractivity contribution < 1.29 is 0 Å². The van der Waals surface area contributed by atoms with Crippen LogP contribution in [0.2, 0.25) is 5.15 Å². The van der Waals surface area contributed by atoms with E-state index in [4.69, 9.17) is 11.6 Å². The van der Waals surface area contributed by atoms with Crippen LogP contribution in [0.15, 0.2) is 33.2 Å². The molecule has 0 spiro atoms. The van der Waals surface area contributed by atoms with Crippen molar-refractivity contribution in [2.24, 2.45) is 0 Å². The van der Waals surface area contributed by atoms with E-state index in [1.165, 1.54) is 0 Å². The minimum Gasteiger partial charge on any atom is -0.339 e. The number of anilines is 2. The van der Waals surface area contributed by atoms with Crippen LogP contribution < -0.4 is 5.32 Å². The van der Waals surface area contributed by atoms with Crippen LogP contribution in [0.4, 0.5) is 11.5 Å². The second kappa shape index (κ2) is 5.33. The molecule has 88 valence electrons. The Kier molecular flexibility index (Phi) is 4.01. The highest BCUT2D eigenvalue weighted by molar-refractivity contribution is 9.11. The van der Waals surface area contributed by atoms with Crippen molar-refractivity contribution in [3.63, 3.8) is 0 Å². The maximum atomic E-state index is 5.88. The Hall–Kier alpha value is -0.650. The lowest BCUT2D eigenvalue weighted by Gasteiger charge is -2.09. The number of aromatic nitrogens is 2. The average molecular weight is 377 g/mol. The molecule has 6 heteroatoms. The van der Waals surface area contributed by atoms with Crippen LogP contribution in [-0.4, -0.2) is 9.97 Å². The van der Waals surface area contributed by atoms with Crippen molar-refractivity contribution in [3.05, 3.63) is 44.2 Å². The monoisotopic (exact) mass is 375 g/mol. The summed E-state index contributed by atoms with van der Waals surface area (Å²) in [5.41, 5.74) is 0.911. The Morgan fingerprint density at radius 3 is 2.65 bits per heavy atom. The van der Waals surface area contributed by atoms with Gasteiger partial charge in [0.25, 0.3) is 0 Å². The van der Waals surface area contributed by atoms with Gasteiger partial charge in [-0.05, 0) is 41.1 Å². The molecular weight excluding hydrogens is 369 g/mol. The van der Waals surface area contributed by atoms with Gasteiger partial charge in [0.1, 0.15) is 16.8 Å². The Balaban J connectivity index is 2.34. The Labute approximate surface area is 121 Å². The largest absolute Gasteiger partial charge is 0.339 e. The highest BCUT2D eigenvalue weighted by atomic mass is 79.9. The molecule has 1 heterocycles. The lowest BCUT2D eigenvalue weighted by atomic mass is 10.3. The van der Waals surface area contributed by atoms with Gasteiger partial charge in [-0.15, -0.1) is 0 Å². The molecule has 0 atom stereocenters. The van der Waals surface area contributed by atoms with Gasteiger partial charge in [-0.2, -0.15) is 0 Å². The van der Waals surface area contributed by atoms with Crippen molar-refractivity contribution in [2.75, 3.05) is 5.32 Å². The van der Waals surface area contributed by atoms with Crippen LogP contribution in [0.25, 0.3) is 0 Å². The van der Waals surface area contributed by atoms with Crippen LogP contribution in [-0.2, 0) is 0 Å². The molecule has 0 aliphatic rings. The lowest BCUT2D eigenvalue weighted by Crippen LogP contribution is -1.97. The quantitative estimate of drug-likeness (QED) is 0.771. The number of hydrogen-bond acceptors (Lipinski definition) is 3. The van der Waals surface area contributed by atoms with Crippen molar-refractivity contribution in [3.8, 4) is 0 Å². The molecule has 0 saturated carbocycles. The summed E-state index contributed by atoms with van der Waals surface area (Å²) in [7, 11) is 0. The number of benzene rings is 1. The van der Waals surface area contributed by atoms with Gasteiger partial charge in [0.05, 0.1) is 5.69 Å². The molecule has 0 fully saturated rings. The van der Waals surface area contributed by atoms with Gasteiger partial charge >= 0.3 is 0 Å². The van der Waals surface area contributed by atoms with Crippen molar-refractivity contribution in [1.82, 2.24) is 9.97 Å². The summed E-state index contributed by atoms with van der Waals surface area (Å²) in [6.07, 6.45) is 0. The maximum absolute atomic E-state index is 5.88. The number of halogens is 3. The predicted octanol–water partition coefficient (Wildman–Crippen LogP) is 4.71. The van der Waals surface area contributed by atoms with Gasteiger partial charge in [0.2, 0.25) is 0 Å². The number of nitrogens with zero attached hydrogens (tertiary/aromatic N) is 2. The summed E-state index contributed by atoms with van der Waals surface area (Å²) in [6.45, 7) is 1.80. The van der Waals surface area contributed by atoms with E-state index in [0.29, 0.717) is 16.8 Å². The molecule has 0 aliphatic carbocycles. The first-order valence-electron chi connectivity index (χ1n) is 4.78. The van der Waals surface area contributed by atoms with E-state index < -0.39 is 0 Å². The zero-order valence-electron chi connectivity index (χ0n) is 8.84. The van der Waals surface area contributed by atoms with Crippen molar-refractivity contribution >= 4 is 55.0 Å². The van der Waals surface area contributed by atoms with Crippen molar-refractivity contribution in [2.45, 2.75) is 6.92 Å². The highest BCUT2D eigenvalue weighted by Crippen LogP contribution is 2.28. The summed E-state index contributed by atoms with van der Waals surface area (Å²) in [6, 6.07) is 7.53. The van der Waals surface area contributed by atoms with Crippen LogP contribution in [0.5, 0.6) is 0 Å². The van der Waals surface area contributed by atoms with E-state index in [2.05, 4.69) is 47.1 Å². The normalized spacial score (nSPS) is 10.4. The third-order valence-corrected chi connectivity index (χ3v) is 3.38. The molecule has 0 radical (unpaired) electrons. The summed E-state index contributed by atoms with van der Waals surface area (Å²) >= 11 is 12.8. The standard InChI is InChI=1S/C11H8Br2ClN3/c1-6-15-10(14)5-11(16-6)17-9-4-7(12)2-3-8(9)13/h2-5H,1H3,(H,15,16,17). The Morgan fingerprint density at radius 2 is 1.94 bits per heavy atom. The van der Waals surface area contributed by atoms with E-state index in [1.54, 1.807) is 13.0 Å². The molecule has 0 aliphatic heterocycles. The number of rotatable bonds is 2. The third kappa shape index (κ3) is 3.40. The summed E-state index contributed by atoms with van der Waals surface area (Å²) in [5, 5.41) is 3.60. The topological polar surface area (TPSA) is 37.8 Å². The van der Waals surface area contributed by atoms with Gasteiger partial charge in [-0.25, -0.2) is 9.97 Å². The van der Waals surface area contributed by atoms with Crippen molar-refractivity contribution in [1.29, 1.82) is 0 Å². The molecule has 2 rings (SSSR count). The minimum atomic E-state index is 0.422. The van der Waals surface area contributed by atoms with Crippen LogP contribution >= 0.6 is 43.5 Å². The zero-order chi connectivity index (χ0) is 12.4. The Morgan fingerprint density at radius 1 is 1.18 bits per heavy atom. The minimum absolute atomic E-state index is 0.422. The van der Waals surface area contributed by atoms with Crippen LogP contribution in [0.1, 0.15) is 5.82 Å². The summed E-state index contributed by atoms with van der Waals surface area (Å²) in [5.74, 6) is 1.30. The first-order chi connectivity index (χ1) is 8.04. The molecule has 1 aromatic heterocycles. The highest BCUT2D eigenvalue weighted by Gasteiger charge is 2.04. The van der Waals surface area contributed by atoms with E-state index in [9.17, 15) is 0 Å². The van der Waals surface area contributed by atoms with Gasteiger partial charge in [-0.1, -0.05) is 27.5 Å². The molecule has 2 aromatic rings. The van der Waals surface area contributed by atoms with Gasteiger partial charge in [0.15, 0.2) is 0 Å². The first-order valence-corrected chi connectivity index (χ1v) is 6.74. The lowest BCUT2D eigenvalue weighted by molar-refractivity contribution is 1.06. The second-order valence-corrected chi connectivity index (χ2v) is 5.53. The predicted molar refractivity (Wildman–Crippen MR) is 76.9 cm³/mol. The molecule has 0 bridgehead atoms. The third-order valence-electron chi connectivity index (χ3n) is 2.00. The fourth-order valence-electron chi connectivity index (χ4n) is 1.33. The van der Waals surface area contributed by atoms with E-state index in [-0.39, 0.29) is 0 Å². The maximum Gasteiger partial charge on any atom is 0.135 e. The van der Waals surface area contributed by atoms with Crippen LogP contribution in [0.3, 0.4) is 0 Å². The second-order valence-electron chi connectivity index (χ2n) is 3.37. The van der Waals surface area contributed by atoms with E-state index in [0.717, 1.165) is 14.6 Å². The van der Waals surface area contributed by atoms with Gasteiger partial charge < -0.3 is 5.32 Å². The molecule has 1 aromatic carbocycles. The number of hydrogen-bond donors (Lipinski definition) is 1. The molecule has 3 nitrogen and oxygen atoms in total. The SMILES string of the molecule is Cc1nc(Cl)cc(Nc2cc(Br)ccc2Br)n1.